The number of aromatic nitrogens is 8. The highest BCUT2D eigenvalue weighted by Gasteiger charge is 2.41. The lowest BCUT2D eigenvalue weighted by Gasteiger charge is -2.27. The highest BCUT2D eigenvalue weighted by molar-refractivity contribution is 5.96. The third-order valence-corrected chi connectivity index (χ3v) is 18.9. The number of carbonyl (C=O) groups is 4. The number of Topliss-reactive ketones (excluding diaryl/α,β-unsaturated/α-hetero) is 1. The highest BCUT2D eigenvalue weighted by Crippen LogP contribution is 2.41. The van der Waals surface area contributed by atoms with E-state index in [0.717, 1.165) is 136 Å². The van der Waals surface area contributed by atoms with Crippen LogP contribution in [0.1, 0.15) is 156 Å². The Kier molecular flexibility index (Phi) is 28.1. The van der Waals surface area contributed by atoms with Crippen LogP contribution >= 0.6 is 0 Å². The number of fused-ring (bicyclic) bond motifs is 4. The number of benzene rings is 4. The van der Waals surface area contributed by atoms with E-state index >= 15 is 0 Å². The molecule has 3 aliphatic carbocycles. The smallest absolute Gasteiger partial charge is 0.358 e. The number of nitrogens with zero attached hydrogens (tertiary/aromatic N) is 10. The Morgan fingerprint density at radius 1 is 0.533 bits per heavy atom. The molecule has 3 saturated carbocycles. The predicted molar refractivity (Wildman–Crippen MR) is 397 cm³/mol. The number of rotatable bonds is 27. The van der Waals surface area contributed by atoms with E-state index in [1.54, 1.807) is 19.4 Å². The van der Waals surface area contributed by atoms with E-state index in [1.807, 2.05) is 59.6 Å². The van der Waals surface area contributed by atoms with Crippen molar-refractivity contribution in [3.8, 4) is 0 Å². The number of carboxylic acid groups (broad SMARTS) is 1. The number of nitrogens with one attached hydrogen (secondary N) is 2. The summed E-state index contributed by atoms with van der Waals surface area (Å²) in [6, 6.07) is 45.6. The number of aromatic amines is 2. The minimum atomic E-state index is -1.07. The fourth-order valence-corrected chi connectivity index (χ4v) is 12.4. The SMILES string of the molecule is CCOC(=O)CCN.COC(=O)CCN(Cc1ccccc1)Cc1ccccc1.NCCC1(O)CC1.O=C(CCCC1(O)CC1)c1noc2c1CN(c1ncnc3[nH]ccc13)CC2.O=C(O)c1noc2c1CN(c1ncnc3[nH]ccc13)CC2.OC1(CCN(Cc2ccccc2)Cc2ccccc2)CC1. The zero-order valence-electron chi connectivity index (χ0n) is 60.0. The average Bonchev–Trinajstić information content (AvgIpc) is 1.58. The fourth-order valence-electron chi connectivity index (χ4n) is 12.4. The number of ether oxygens (including phenoxy) is 2. The third kappa shape index (κ3) is 23.7. The number of anilines is 2. The highest BCUT2D eigenvalue weighted by atomic mass is 16.5. The molecule has 2 aliphatic heterocycles. The van der Waals surface area contributed by atoms with Gasteiger partial charge in [-0.3, -0.25) is 24.2 Å². The van der Waals surface area contributed by atoms with Crippen molar-refractivity contribution in [2.75, 3.05) is 62.8 Å². The Balaban J connectivity index is 0.000000141. The molecule has 3 fully saturated rings. The Hall–Kier alpha value is -10.1. The molecule has 10 N–H and O–H groups in total. The lowest BCUT2D eigenvalue weighted by atomic mass is 10.0. The molecule has 5 aliphatic rings. The van der Waals surface area contributed by atoms with Gasteiger partial charge in [0, 0.05) is 102 Å². The number of carboxylic acids is 1. The fraction of sp³-hybridized carbons (Fsp3) is 0.418. The molecule has 0 bridgehead atoms. The maximum absolute atomic E-state index is 12.6. The summed E-state index contributed by atoms with van der Waals surface area (Å²) in [5, 5.41) is 47.8. The normalized spacial score (nSPS) is 15.1. The molecule has 15 rings (SSSR count). The van der Waals surface area contributed by atoms with Crippen molar-refractivity contribution in [3.05, 3.63) is 215 Å². The summed E-state index contributed by atoms with van der Waals surface area (Å²) in [4.78, 5) is 77.7. The van der Waals surface area contributed by atoms with Crippen molar-refractivity contribution in [1.29, 1.82) is 0 Å². The number of aromatic carboxylic acids is 1. The monoisotopic (exact) mass is 1430 g/mol. The Morgan fingerprint density at radius 2 is 0.962 bits per heavy atom. The lowest BCUT2D eigenvalue weighted by Crippen LogP contribution is -2.31. The Bertz CT molecular complexity index is 4240. The first-order valence-electron chi connectivity index (χ1n) is 36.1. The van der Waals surface area contributed by atoms with Crippen LogP contribution < -0.4 is 21.3 Å². The van der Waals surface area contributed by atoms with Crippen molar-refractivity contribution in [3.63, 3.8) is 0 Å². The van der Waals surface area contributed by atoms with E-state index < -0.39 is 11.6 Å². The van der Waals surface area contributed by atoms with Crippen LogP contribution in [0.5, 0.6) is 0 Å². The summed E-state index contributed by atoms with van der Waals surface area (Å²) in [5.74, 6) is 1.60. The molecule has 26 heteroatoms. The molecule has 8 heterocycles. The first kappa shape index (κ1) is 77.6. The maximum Gasteiger partial charge on any atom is 0.358 e. The minimum absolute atomic E-state index is 0.0134. The number of ketones is 1. The Morgan fingerprint density at radius 3 is 1.37 bits per heavy atom. The summed E-state index contributed by atoms with van der Waals surface area (Å²) in [6.07, 6.45) is 17.7. The molecule has 6 aromatic heterocycles. The van der Waals surface area contributed by atoms with Gasteiger partial charge in [0.1, 0.15) is 47.1 Å². The van der Waals surface area contributed by atoms with Crippen molar-refractivity contribution >= 4 is 57.4 Å². The number of hydrogen-bond acceptors (Lipinski definition) is 23. The second kappa shape index (κ2) is 38.1. The summed E-state index contributed by atoms with van der Waals surface area (Å²) in [6.45, 7) is 10.8. The van der Waals surface area contributed by atoms with Gasteiger partial charge >= 0.3 is 17.9 Å². The van der Waals surface area contributed by atoms with Gasteiger partial charge in [-0.1, -0.05) is 132 Å². The summed E-state index contributed by atoms with van der Waals surface area (Å²) < 4.78 is 19.8. The number of hydrogen-bond donors (Lipinski definition) is 8. The van der Waals surface area contributed by atoms with Crippen LogP contribution in [0.3, 0.4) is 0 Å². The molecule has 0 saturated heterocycles. The summed E-state index contributed by atoms with van der Waals surface area (Å²) in [5.41, 5.74) is 17.6. The van der Waals surface area contributed by atoms with E-state index in [0.29, 0.717) is 108 Å². The second-order valence-corrected chi connectivity index (χ2v) is 27.2. The molecule has 105 heavy (non-hydrogen) atoms. The van der Waals surface area contributed by atoms with Gasteiger partial charge in [-0.05, 0) is 112 Å². The number of H-pyrrole nitrogens is 2. The zero-order valence-corrected chi connectivity index (χ0v) is 60.0. The van der Waals surface area contributed by atoms with Crippen molar-refractivity contribution < 1.29 is 58.1 Å². The molecular weight excluding hydrogens is 1340 g/mol. The van der Waals surface area contributed by atoms with Gasteiger partial charge in [0.15, 0.2) is 17.2 Å². The number of esters is 2. The molecule has 556 valence electrons. The molecule has 0 radical (unpaired) electrons. The largest absolute Gasteiger partial charge is 0.476 e. The standard InChI is InChI=1S/C19H21N5O3.C19H23NO.C18H21NO2.C13H11N5O3.C5H11NO2.C5H11NO/c25-14(2-1-5-19(26)6-7-19)16-13-10-24(9-4-15(13)27-23-16)18-12-3-8-20-17(12)21-11-22-18;21-19(11-12-19)13-14-20(15-17-7-3-1-4-8-17)16-18-9-5-2-6-10-18;1-21-18(20)12-13-19(14-16-8-4-2-5-9-16)15-17-10-6-3-7-11-17;19-13(20)10-8-5-18(4-2-9(8)21-17-10)12-7-1-3-14-11(7)15-6-16-12;1-2-8-5(7)3-4-6;6-4-3-5(7)1-2-5/h3,8,11,26H,1-2,4-7,9-10H2,(H,20,21,22);1-10,21H,11-16H2;2-11H,12-15H2,1H3;1,3,6H,2,4-5H2,(H,19,20)(H,14,15,16);2-4,6H2,1H3;7H,1-4,6H2. The number of carbonyl (C=O) groups excluding carboxylic acids is 3. The number of methoxy groups -OCH3 is 1. The van der Waals surface area contributed by atoms with Gasteiger partial charge < -0.3 is 70.2 Å². The van der Waals surface area contributed by atoms with Crippen LogP contribution in [-0.4, -0.2) is 164 Å². The zero-order chi connectivity index (χ0) is 74.0. The second-order valence-electron chi connectivity index (χ2n) is 27.2. The van der Waals surface area contributed by atoms with E-state index in [-0.39, 0.29) is 34.6 Å². The van der Waals surface area contributed by atoms with E-state index in [9.17, 15) is 29.4 Å². The van der Waals surface area contributed by atoms with Crippen molar-refractivity contribution in [1.82, 2.24) is 50.0 Å². The lowest BCUT2D eigenvalue weighted by molar-refractivity contribution is -0.143. The molecular formula is C79H98N14O12. The summed E-state index contributed by atoms with van der Waals surface area (Å²) >= 11 is 0. The molecule has 10 aromatic rings. The molecule has 0 amide bonds. The topological polar surface area (TPSA) is 368 Å². The van der Waals surface area contributed by atoms with Crippen LogP contribution in [0.4, 0.5) is 11.6 Å². The van der Waals surface area contributed by atoms with Gasteiger partial charge in [-0.15, -0.1) is 0 Å². The van der Waals surface area contributed by atoms with Gasteiger partial charge in [-0.2, -0.15) is 0 Å². The van der Waals surface area contributed by atoms with Gasteiger partial charge in [0.2, 0.25) is 0 Å². The van der Waals surface area contributed by atoms with Gasteiger partial charge in [0.25, 0.3) is 0 Å². The van der Waals surface area contributed by atoms with E-state index in [4.69, 9.17) is 35.5 Å². The van der Waals surface area contributed by atoms with Crippen molar-refractivity contribution in [2.45, 2.75) is 159 Å². The van der Waals surface area contributed by atoms with Gasteiger partial charge in [0.05, 0.1) is 67.2 Å². The molecule has 0 unspecified atom stereocenters. The number of aliphatic hydroxyl groups is 3. The minimum Gasteiger partial charge on any atom is -0.476 e. The quantitative estimate of drug-likeness (QED) is 0.0175. The van der Waals surface area contributed by atoms with Crippen LogP contribution in [0, 0.1) is 0 Å². The van der Waals surface area contributed by atoms with Crippen LogP contribution in [0.15, 0.2) is 168 Å². The Labute approximate surface area is 611 Å². The first-order valence-corrected chi connectivity index (χ1v) is 36.1. The molecule has 26 nitrogen and oxygen atoms in total. The molecule has 4 aromatic carbocycles. The first-order chi connectivity index (χ1) is 51.0. The molecule has 0 spiro atoms. The van der Waals surface area contributed by atoms with Crippen LogP contribution in [0.2, 0.25) is 0 Å². The van der Waals surface area contributed by atoms with Gasteiger partial charge in [-0.25, -0.2) is 24.7 Å². The summed E-state index contributed by atoms with van der Waals surface area (Å²) in [7, 11) is 1.43. The predicted octanol–water partition coefficient (Wildman–Crippen LogP) is 10.2. The third-order valence-electron chi connectivity index (χ3n) is 18.9. The van der Waals surface area contributed by atoms with Crippen molar-refractivity contribution in [2.24, 2.45) is 11.5 Å². The number of nitrogens with two attached hydrogens (primary N) is 2. The molecule has 0 atom stereocenters. The maximum atomic E-state index is 12.6. The van der Waals surface area contributed by atoms with Crippen LogP contribution in [0.25, 0.3) is 22.1 Å². The van der Waals surface area contributed by atoms with E-state index in [1.165, 1.54) is 35.7 Å². The van der Waals surface area contributed by atoms with Crippen LogP contribution in [-0.2, 0) is 71.2 Å². The van der Waals surface area contributed by atoms with E-state index in [2.05, 4.69) is 145 Å². The average molecular weight is 1440 g/mol.